The zero-order valence-electron chi connectivity index (χ0n) is 19.2. The lowest BCUT2D eigenvalue weighted by molar-refractivity contribution is 0.0955. The molecule has 3 heterocycles. The number of hydrazone groups is 1. The van der Waals surface area contributed by atoms with E-state index in [1.54, 1.807) is 29.7 Å². The van der Waals surface area contributed by atoms with Gasteiger partial charge in [0.15, 0.2) is 5.13 Å². The average molecular weight is 475 g/mol. The Morgan fingerprint density at radius 2 is 1.97 bits per heavy atom. The number of thiazole rings is 1. The molecule has 9 heteroatoms. The third-order valence-corrected chi connectivity index (χ3v) is 6.89. The summed E-state index contributed by atoms with van der Waals surface area (Å²) in [5.74, 6) is 0.656. The van der Waals surface area contributed by atoms with Crippen LogP contribution in [-0.2, 0) is 11.3 Å². The number of fused-ring (bicyclic) bond motifs is 1. The lowest BCUT2D eigenvalue weighted by Crippen LogP contribution is -2.36. The molecule has 5 rings (SSSR count). The second kappa shape index (κ2) is 9.74. The zero-order chi connectivity index (χ0) is 23.5. The van der Waals surface area contributed by atoms with Crippen molar-refractivity contribution in [2.75, 3.05) is 31.2 Å². The van der Waals surface area contributed by atoms with Crippen LogP contribution in [-0.4, -0.2) is 53.0 Å². The number of aromatic nitrogens is 3. The normalized spacial score (nSPS) is 14.2. The number of nitrogens with zero attached hydrogens (tertiary/aromatic N) is 5. The van der Waals surface area contributed by atoms with Crippen LogP contribution < -0.4 is 10.3 Å². The molecule has 1 saturated heterocycles. The minimum atomic E-state index is -0.277. The summed E-state index contributed by atoms with van der Waals surface area (Å²) in [6.45, 7) is 7.90. The van der Waals surface area contributed by atoms with Gasteiger partial charge in [-0.2, -0.15) is 5.10 Å². The number of nitrogens with one attached hydrogen (secondary N) is 1. The Kier molecular flexibility index (Phi) is 6.37. The summed E-state index contributed by atoms with van der Waals surface area (Å²) in [4.78, 5) is 25.3. The number of carbonyl (C=O) groups is 1. The van der Waals surface area contributed by atoms with Gasteiger partial charge in [-0.15, -0.1) is 0 Å². The number of carbonyl (C=O) groups excluding carboxylic acids is 1. The number of imidazole rings is 1. The van der Waals surface area contributed by atoms with Gasteiger partial charge < -0.3 is 14.2 Å². The van der Waals surface area contributed by atoms with E-state index in [4.69, 9.17) is 9.72 Å². The highest BCUT2D eigenvalue weighted by Crippen LogP contribution is 2.32. The van der Waals surface area contributed by atoms with Crippen LogP contribution in [0.3, 0.4) is 0 Å². The molecular formula is C25H26N6O2S. The number of anilines is 1. The topological polar surface area (TPSA) is 84.6 Å². The first-order valence-electron chi connectivity index (χ1n) is 11.3. The standard InChI is InChI=1S/C25H26N6O2S/c1-3-31-17(2)27-20-15-19(9-10-21(20)31)24(32)29-26-16-22-23(18-7-5-4-6-8-18)28-25(34-22)30-11-13-33-14-12-30/h4-10,15-16H,3,11-14H2,1-2H3,(H,29,32). The minimum absolute atomic E-state index is 0.277. The maximum atomic E-state index is 12.8. The third-order valence-electron chi connectivity index (χ3n) is 5.84. The van der Waals surface area contributed by atoms with Crippen LogP contribution in [0.15, 0.2) is 53.6 Å². The lowest BCUT2D eigenvalue weighted by Gasteiger charge is -2.26. The zero-order valence-corrected chi connectivity index (χ0v) is 20.0. The van der Waals surface area contributed by atoms with Gasteiger partial charge in [0.25, 0.3) is 5.91 Å². The summed E-state index contributed by atoms with van der Waals surface area (Å²) < 4.78 is 7.59. The fourth-order valence-corrected chi connectivity index (χ4v) is 5.12. The molecule has 2 aromatic carbocycles. The number of morpholine rings is 1. The van der Waals surface area contributed by atoms with E-state index >= 15 is 0 Å². The van der Waals surface area contributed by atoms with E-state index in [0.29, 0.717) is 18.8 Å². The smallest absolute Gasteiger partial charge is 0.271 e. The number of hydrogen-bond donors (Lipinski definition) is 1. The molecule has 4 aromatic rings. The van der Waals surface area contributed by atoms with E-state index in [0.717, 1.165) is 57.8 Å². The van der Waals surface area contributed by atoms with Crippen LogP contribution in [0.2, 0.25) is 0 Å². The van der Waals surface area contributed by atoms with Crippen molar-refractivity contribution in [1.82, 2.24) is 20.0 Å². The maximum Gasteiger partial charge on any atom is 0.271 e. The summed E-state index contributed by atoms with van der Waals surface area (Å²) in [5.41, 5.74) is 6.87. The van der Waals surface area contributed by atoms with Crippen molar-refractivity contribution in [1.29, 1.82) is 0 Å². The third kappa shape index (κ3) is 4.44. The first kappa shape index (κ1) is 22.2. The molecule has 0 atom stereocenters. The Hall–Kier alpha value is -3.56. The summed E-state index contributed by atoms with van der Waals surface area (Å²) in [6, 6.07) is 15.6. The molecule has 1 amide bonds. The maximum absolute atomic E-state index is 12.8. The Morgan fingerprint density at radius 1 is 1.18 bits per heavy atom. The number of aryl methyl sites for hydroxylation is 2. The first-order valence-corrected chi connectivity index (χ1v) is 12.1. The van der Waals surface area contributed by atoms with Crippen molar-refractivity contribution in [2.45, 2.75) is 20.4 Å². The molecule has 0 aliphatic carbocycles. The van der Waals surface area contributed by atoms with Crippen molar-refractivity contribution >= 4 is 39.6 Å². The average Bonchev–Trinajstić information content (AvgIpc) is 3.44. The highest BCUT2D eigenvalue weighted by molar-refractivity contribution is 7.17. The number of hydrogen-bond acceptors (Lipinski definition) is 7. The van der Waals surface area contributed by atoms with Crippen LogP contribution in [0.1, 0.15) is 28.0 Å². The van der Waals surface area contributed by atoms with Crippen molar-refractivity contribution in [3.8, 4) is 11.3 Å². The van der Waals surface area contributed by atoms with E-state index in [2.05, 4.69) is 31.9 Å². The number of rotatable bonds is 6. The van der Waals surface area contributed by atoms with Crippen molar-refractivity contribution in [3.05, 3.63) is 64.8 Å². The van der Waals surface area contributed by atoms with Gasteiger partial charge in [0.1, 0.15) is 5.82 Å². The SMILES string of the molecule is CCn1c(C)nc2cc(C(=O)NN=Cc3sc(N4CCOCC4)nc3-c3ccccc3)ccc21. The van der Waals surface area contributed by atoms with Crippen LogP contribution in [0.25, 0.3) is 22.3 Å². The summed E-state index contributed by atoms with van der Waals surface area (Å²) in [5, 5.41) is 5.19. The second-order valence-electron chi connectivity index (χ2n) is 7.98. The molecule has 2 aromatic heterocycles. The van der Waals surface area contributed by atoms with Gasteiger partial charge in [-0.1, -0.05) is 41.7 Å². The Bertz CT molecular complexity index is 1340. The Balaban J connectivity index is 1.37. The molecule has 8 nitrogen and oxygen atoms in total. The number of benzene rings is 2. The summed E-state index contributed by atoms with van der Waals surface area (Å²) in [7, 11) is 0. The summed E-state index contributed by atoms with van der Waals surface area (Å²) >= 11 is 1.56. The predicted octanol–water partition coefficient (Wildman–Crippen LogP) is 4.09. The molecule has 1 fully saturated rings. The fourth-order valence-electron chi connectivity index (χ4n) is 4.11. The van der Waals surface area contributed by atoms with Gasteiger partial charge in [0.05, 0.1) is 41.0 Å². The van der Waals surface area contributed by atoms with E-state index < -0.39 is 0 Å². The predicted molar refractivity (Wildman–Crippen MR) is 136 cm³/mol. The van der Waals surface area contributed by atoms with E-state index in [1.807, 2.05) is 43.3 Å². The second-order valence-corrected chi connectivity index (χ2v) is 8.99. The largest absolute Gasteiger partial charge is 0.378 e. The molecular weight excluding hydrogens is 448 g/mol. The molecule has 1 aliphatic rings. The monoisotopic (exact) mass is 474 g/mol. The molecule has 1 aliphatic heterocycles. The molecule has 34 heavy (non-hydrogen) atoms. The van der Waals surface area contributed by atoms with E-state index in [-0.39, 0.29) is 5.91 Å². The molecule has 0 bridgehead atoms. The lowest BCUT2D eigenvalue weighted by atomic mass is 10.1. The van der Waals surface area contributed by atoms with E-state index in [9.17, 15) is 4.79 Å². The molecule has 0 saturated carbocycles. The number of ether oxygens (including phenoxy) is 1. The Morgan fingerprint density at radius 3 is 2.74 bits per heavy atom. The van der Waals surface area contributed by atoms with Crippen LogP contribution >= 0.6 is 11.3 Å². The van der Waals surface area contributed by atoms with Crippen molar-refractivity contribution in [3.63, 3.8) is 0 Å². The Labute approximate surface area is 201 Å². The van der Waals surface area contributed by atoms with E-state index in [1.165, 1.54) is 0 Å². The van der Waals surface area contributed by atoms with Gasteiger partial charge in [-0.05, 0) is 32.0 Å². The van der Waals surface area contributed by atoms with Crippen molar-refractivity contribution in [2.24, 2.45) is 5.10 Å². The highest BCUT2D eigenvalue weighted by atomic mass is 32.1. The van der Waals surface area contributed by atoms with Crippen LogP contribution in [0.4, 0.5) is 5.13 Å². The van der Waals surface area contributed by atoms with Crippen LogP contribution in [0, 0.1) is 6.92 Å². The molecule has 1 N–H and O–H groups in total. The molecule has 174 valence electrons. The molecule has 0 radical (unpaired) electrons. The minimum Gasteiger partial charge on any atom is -0.378 e. The van der Waals surface area contributed by atoms with Gasteiger partial charge in [-0.25, -0.2) is 15.4 Å². The van der Waals surface area contributed by atoms with Gasteiger partial charge in [0, 0.05) is 30.8 Å². The van der Waals surface area contributed by atoms with Gasteiger partial charge in [0.2, 0.25) is 0 Å². The first-order chi connectivity index (χ1) is 16.6. The summed E-state index contributed by atoms with van der Waals surface area (Å²) in [6.07, 6.45) is 1.68. The highest BCUT2D eigenvalue weighted by Gasteiger charge is 2.19. The van der Waals surface area contributed by atoms with Crippen LogP contribution in [0.5, 0.6) is 0 Å². The molecule has 0 unspecified atom stereocenters. The fraction of sp³-hybridized carbons (Fsp3) is 0.280. The van der Waals surface area contributed by atoms with Gasteiger partial charge >= 0.3 is 0 Å². The quantitative estimate of drug-likeness (QED) is 0.336. The molecule has 0 spiro atoms. The van der Waals surface area contributed by atoms with Crippen molar-refractivity contribution < 1.29 is 9.53 Å². The van der Waals surface area contributed by atoms with Gasteiger partial charge in [-0.3, -0.25) is 4.79 Å². The number of amides is 1.